The lowest BCUT2D eigenvalue weighted by atomic mass is 10.0. The average Bonchev–Trinajstić information content (AvgIpc) is 3.13. The van der Waals surface area contributed by atoms with Crippen LogP contribution in [0.4, 0.5) is 0 Å². The second-order valence-electron chi connectivity index (χ2n) is 11.1. The van der Waals surface area contributed by atoms with E-state index in [2.05, 4.69) is 133 Å². The van der Waals surface area contributed by atoms with Crippen LogP contribution in [0.5, 0.6) is 23.0 Å². The van der Waals surface area contributed by atoms with E-state index in [9.17, 15) is 0 Å². The van der Waals surface area contributed by atoms with Gasteiger partial charge in [-0.15, -0.1) is 0 Å². The van der Waals surface area contributed by atoms with E-state index in [4.69, 9.17) is 18.9 Å². The third-order valence-corrected chi connectivity index (χ3v) is 13.3. The van der Waals surface area contributed by atoms with Crippen molar-refractivity contribution in [2.24, 2.45) is 0 Å². The topological polar surface area (TPSA) is 36.9 Å². The van der Waals surface area contributed by atoms with Crippen LogP contribution in [0.15, 0.2) is 158 Å². The maximum atomic E-state index is 6.79. The minimum atomic E-state index is -0.806. The molecule has 226 valence electrons. The van der Waals surface area contributed by atoms with Gasteiger partial charge in [0.15, 0.2) is 34.7 Å². The van der Waals surface area contributed by atoms with Crippen molar-refractivity contribution >= 4 is 37.1 Å². The second kappa shape index (κ2) is 13.0. The molecule has 0 aromatic heterocycles. The normalized spacial score (nSPS) is 16.7. The molecule has 0 saturated carbocycles. The number of fused-ring (bicyclic) bond motifs is 2. The summed E-state index contributed by atoms with van der Waals surface area (Å²) in [6.07, 6.45) is 0. The van der Waals surface area contributed by atoms with E-state index in [1.165, 1.54) is 21.2 Å². The monoisotopic (exact) mass is 638 g/mol. The van der Waals surface area contributed by atoms with Gasteiger partial charge in [-0.3, -0.25) is 0 Å². The number of rotatable bonds is 7. The molecule has 0 aliphatic carbocycles. The molecule has 0 bridgehead atoms. The molecule has 2 aliphatic heterocycles. The van der Waals surface area contributed by atoms with Crippen molar-refractivity contribution in [1.29, 1.82) is 0 Å². The minimum absolute atomic E-state index is 0.122. The van der Waals surface area contributed by atoms with Crippen LogP contribution in [0.3, 0.4) is 0 Å². The SMILES string of the molecule is c1ccc(P(c2ccccc2)C2COc3c(cccc3-c3cccc4c3OCC(P(c3ccccc3)c3ccccc3)O4)O2)cc1. The van der Waals surface area contributed by atoms with Crippen LogP contribution < -0.4 is 40.2 Å². The molecule has 4 nitrogen and oxygen atoms in total. The maximum absolute atomic E-state index is 6.79. The van der Waals surface area contributed by atoms with Gasteiger partial charge in [0.1, 0.15) is 13.2 Å². The van der Waals surface area contributed by atoms with Crippen LogP contribution in [-0.2, 0) is 0 Å². The van der Waals surface area contributed by atoms with E-state index >= 15 is 0 Å². The number of hydrogen-bond donors (Lipinski definition) is 0. The first-order valence-electron chi connectivity index (χ1n) is 15.5. The van der Waals surface area contributed by atoms with Gasteiger partial charge in [-0.05, 0) is 33.4 Å². The predicted molar refractivity (Wildman–Crippen MR) is 190 cm³/mol. The molecule has 2 aliphatic rings. The predicted octanol–water partition coefficient (Wildman–Crippen LogP) is 7.81. The Kier molecular flexibility index (Phi) is 8.15. The fourth-order valence-electron chi connectivity index (χ4n) is 6.18. The molecule has 0 amide bonds. The van der Waals surface area contributed by atoms with Crippen LogP contribution in [0.25, 0.3) is 11.1 Å². The zero-order valence-electron chi connectivity index (χ0n) is 25.1. The molecule has 0 fully saturated rings. The van der Waals surface area contributed by atoms with Crippen LogP contribution in [-0.4, -0.2) is 24.9 Å². The van der Waals surface area contributed by atoms with Gasteiger partial charge in [0.25, 0.3) is 0 Å². The molecule has 8 rings (SSSR count). The van der Waals surface area contributed by atoms with Gasteiger partial charge in [-0.1, -0.05) is 146 Å². The third kappa shape index (κ3) is 5.64. The summed E-state index contributed by atoms with van der Waals surface area (Å²) in [6, 6.07) is 54.7. The van der Waals surface area contributed by atoms with Gasteiger partial charge in [0, 0.05) is 27.0 Å². The highest BCUT2D eigenvalue weighted by molar-refractivity contribution is 7.73. The first-order chi connectivity index (χ1) is 22.8. The smallest absolute Gasteiger partial charge is 0.169 e. The summed E-state index contributed by atoms with van der Waals surface area (Å²) in [5, 5.41) is 5.06. The Bertz CT molecular complexity index is 1700. The summed E-state index contributed by atoms with van der Waals surface area (Å²) in [5.41, 5.74) is 1.87. The van der Waals surface area contributed by atoms with Gasteiger partial charge in [0.2, 0.25) is 0 Å². The molecule has 46 heavy (non-hydrogen) atoms. The highest BCUT2D eigenvalue weighted by Crippen LogP contribution is 2.52. The number of hydrogen-bond acceptors (Lipinski definition) is 4. The Hall–Kier alpha value is -4.62. The summed E-state index contributed by atoms with van der Waals surface area (Å²) in [4.78, 5) is 0. The number of para-hydroxylation sites is 2. The minimum Gasteiger partial charge on any atom is -0.485 e. The first-order valence-corrected chi connectivity index (χ1v) is 18.3. The van der Waals surface area contributed by atoms with Crippen molar-refractivity contribution in [3.63, 3.8) is 0 Å². The summed E-state index contributed by atoms with van der Waals surface area (Å²) < 4.78 is 26.8. The van der Waals surface area contributed by atoms with Crippen molar-refractivity contribution < 1.29 is 18.9 Å². The van der Waals surface area contributed by atoms with Gasteiger partial charge in [-0.2, -0.15) is 0 Å². The first kappa shape index (κ1) is 28.8. The summed E-state index contributed by atoms with van der Waals surface area (Å²) in [5.74, 6) is 2.73. The summed E-state index contributed by atoms with van der Waals surface area (Å²) >= 11 is 0. The number of ether oxygens (including phenoxy) is 4. The fourth-order valence-corrected chi connectivity index (χ4v) is 11.0. The third-order valence-electron chi connectivity index (χ3n) is 8.23. The van der Waals surface area contributed by atoms with E-state index in [1.807, 2.05) is 24.3 Å². The summed E-state index contributed by atoms with van der Waals surface area (Å²) in [6.45, 7) is 0.902. The quantitative estimate of drug-likeness (QED) is 0.167. The van der Waals surface area contributed by atoms with Crippen LogP contribution in [0, 0.1) is 0 Å². The lowest BCUT2D eigenvalue weighted by molar-refractivity contribution is 0.144. The second-order valence-corrected chi connectivity index (χ2v) is 15.8. The highest BCUT2D eigenvalue weighted by Gasteiger charge is 2.35. The van der Waals surface area contributed by atoms with E-state index in [1.54, 1.807) is 0 Å². The van der Waals surface area contributed by atoms with Crippen molar-refractivity contribution in [3.8, 4) is 34.1 Å². The van der Waals surface area contributed by atoms with Crippen LogP contribution >= 0.6 is 15.8 Å². The molecule has 2 unspecified atom stereocenters. The lowest BCUT2D eigenvalue weighted by Crippen LogP contribution is -2.34. The average molecular weight is 639 g/mol. The molecule has 0 spiro atoms. The Morgan fingerprint density at radius 3 is 1.02 bits per heavy atom. The Morgan fingerprint density at radius 2 is 0.696 bits per heavy atom. The summed E-state index contributed by atoms with van der Waals surface area (Å²) in [7, 11) is -1.61. The van der Waals surface area contributed by atoms with Gasteiger partial charge in [-0.25, -0.2) is 0 Å². The van der Waals surface area contributed by atoms with Gasteiger partial charge in [0.05, 0.1) is 0 Å². The van der Waals surface area contributed by atoms with Crippen molar-refractivity contribution in [3.05, 3.63) is 158 Å². The van der Waals surface area contributed by atoms with E-state index in [-0.39, 0.29) is 11.7 Å². The molecular weight excluding hydrogens is 606 g/mol. The van der Waals surface area contributed by atoms with E-state index in [0.29, 0.717) is 13.2 Å². The Labute approximate surface area is 272 Å². The molecule has 0 radical (unpaired) electrons. The van der Waals surface area contributed by atoms with Gasteiger partial charge >= 0.3 is 0 Å². The number of benzene rings is 6. The lowest BCUT2D eigenvalue weighted by Gasteiger charge is -2.35. The Morgan fingerprint density at radius 1 is 0.370 bits per heavy atom. The largest absolute Gasteiger partial charge is 0.485 e. The van der Waals surface area contributed by atoms with Crippen LogP contribution in [0.2, 0.25) is 0 Å². The van der Waals surface area contributed by atoms with E-state index in [0.717, 1.165) is 34.1 Å². The van der Waals surface area contributed by atoms with Crippen molar-refractivity contribution in [2.45, 2.75) is 11.7 Å². The van der Waals surface area contributed by atoms with Crippen molar-refractivity contribution in [2.75, 3.05) is 13.2 Å². The molecule has 0 saturated heterocycles. The van der Waals surface area contributed by atoms with Crippen LogP contribution in [0.1, 0.15) is 0 Å². The molecule has 2 heterocycles. The van der Waals surface area contributed by atoms with Gasteiger partial charge < -0.3 is 18.9 Å². The zero-order valence-corrected chi connectivity index (χ0v) is 26.9. The standard InChI is InChI=1S/C40H32O4P2/c1-5-15-29(16-6-1)45(30-17-7-2-8-18-30)37-27-41-39-33(23-13-25-35(39)43-37)34-24-14-26-36-40(34)42-28-38(44-36)46(31-19-9-3-10-20-31)32-21-11-4-12-22-32/h1-26,37-38H,27-28H2. The molecular formula is C40H32O4P2. The molecule has 6 heteroatoms. The Balaban J connectivity index is 1.11. The highest BCUT2D eigenvalue weighted by atomic mass is 31.1. The van der Waals surface area contributed by atoms with Crippen molar-refractivity contribution in [1.82, 2.24) is 0 Å². The molecule has 2 atom stereocenters. The molecule has 6 aromatic rings. The van der Waals surface area contributed by atoms with E-state index < -0.39 is 15.8 Å². The zero-order chi connectivity index (χ0) is 30.7. The molecule has 0 N–H and O–H groups in total. The molecule has 6 aromatic carbocycles. The fraction of sp³-hybridized carbons (Fsp3) is 0.100. The maximum Gasteiger partial charge on any atom is 0.169 e.